The molecular formula is C16H17N3O4. The number of hydrogen-bond acceptors (Lipinski definition) is 5. The number of rotatable bonds is 5. The number of carbonyl (C=O) groups is 1. The summed E-state index contributed by atoms with van der Waals surface area (Å²) in [7, 11) is 1.66. The fourth-order valence-electron chi connectivity index (χ4n) is 2.47. The van der Waals surface area contributed by atoms with Crippen molar-refractivity contribution in [2.75, 3.05) is 7.05 Å². The number of aromatic hydroxyl groups is 1. The van der Waals surface area contributed by atoms with E-state index in [4.69, 9.17) is 0 Å². The molecule has 7 heteroatoms. The van der Waals surface area contributed by atoms with E-state index in [1.54, 1.807) is 24.3 Å². The van der Waals surface area contributed by atoms with Gasteiger partial charge < -0.3 is 10.0 Å². The molecule has 1 aromatic heterocycles. The highest BCUT2D eigenvalue weighted by Crippen LogP contribution is 2.29. The molecule has 0 radical (unpaired) electrons. The number of aromatic nitrogens is 1. The molecule has 2 aromatic rings. The summed E-state index contributed by atoms with van der Waals surface area (Å²) in [6.45, 7) is 1.96. The first-order valence-corrected chi connectivity index (χ1v) is 7.10. The molecule has 1 N–H and O–H groups in total. The minimum absolute atomic E-state index is 0.150. The van der Waals surface area contributed by atoms with E-state index >= 15 is 0 Å². The molecule has 120 valence electrons. The molecule has 2 rings (SSSR count). The number of pyridine rings is 1. The lowest BCUT2D eigenvalue weighted by atomic mass is 10.0. The maximum Gasteiger partial charge on any atom is 0.310 e. The van der Waals surface area contributed by atoms with Crippen LogP contribution in [0.3, 0.4) is 0 Å². The third kappa shape index (κ3) is 3.45. The molecule has 0 bridgehead atoms. The Labute approximate surface area is 133 Å². The Morgan fingerprint density at radius 2 is 2.00 bits per heavy atom. The van der Waals surface area contributed by atoms with Crippen LogP contribution >= 0.6 is 0 Å². The van der Waals surface area contributed by atoms with E-state index in [0.29, 0.717) is 6.42 Å². The Balaban J connectivity index is 2.28. The summed E-state index contributed by atoms with van der Waals surface area (Å²) in [4.78, 5) is 28.1. The standard InChI is InChI=1S/C16H17N3O4/c1-3-13(11-6-8-17-9-7-11)18(2)16(21)12-4-5-14(19(22)23)15(20)10-12/h4-10,13,20H,3H2,1-2H3/t13-/m0/s1. The highest BCUT2D eigenvalue weighted by Gasteiger charge is 2.23. The van der Waals surface area contributed by atoms with Gasteiger partial charge in [-0.3, -0.25) is 19.9 Å². The molecule has 23 heavy (non-hydrogen) atoms. The van der Waals surface area contributed by atoms with Crippen LogP contribution in [-0.4, -0.2) is 32.9 Å². The number of nitro groups is 1. The van der Waals surface area contributed by atoms with Crippen molar-refractivity contribution in [2.24, 2.45) is 0 Å². The average molecular weight is 315 g/mol. The van der Waals surface area contributed by atoms with Crippen LogP contribution in [-0.2, 0) is 0 Å². The first-order valence-electron chi connectivity index (χ1n) is 7.10. The Hall–Kier alpha value is -2.96. The van der Waals surface area contributed by atoms with Crippen molar-refractivity contribution in [3.63, 3.8) is 0 Å². The van der Waals surface area contributed by atoms with Gasteiger partial charge in [0.15, 0.2) is 5.75 Å². The molecule has 0 saturated heterocycles. The van der Waals surface area contributed by atoms with Gasteiger partial charge >= 0.3 is 5.69 Å². The highest BCUT2D eigenvalue weighted by atomic mass is 16.6. The summed E-state index contributed by atoms with van der Waals surface area (Å²) in [6.07, 6.45) is 4.02. The van der Waals surface area contributed by atoms with Gasteiger partial charge in [-0.1, -0.05) is 6.92 Å². The normalized spacial score (nSPS) is 11.7. The lowest BCUT2D eigenvalue weighted by Crippen LogP contribution is -2.31. The Kier molecular flexibility index (Phi) is 4.90. The summed E-state index contributed by atoms with van der Waals surface area (Å²) in [5.74, 6) is -0.843. The number of nitrogens with zero attached hydrogens (tertiary/aromatic N) is 3. The van der Waals surface area contributed by atoms with E-state index in [2.05, 4.69) is 4.98 Å². The van der Waals surface area contributed by atoms with Crippen LogP contribution in [0.5, 0.6) is 5.75 Å². The summed E-state index contributed by atoms with van der Waals surface area (Å²) in [5, 5.41) is 20.4. The molecule has 0 fully saturated rings. The van der Waals surface area contributed by atoms with Crippen molar-refractivity contribution in [1.29, 1.82) is 0 Å². The molecular weight excluding hydrogens is 298 g/mol. The third-order valence-electron chi connectivity index (χ3n) is 3.68. The fourth-order valence-corrected chi connectivity index (χ4v) is 2.47. The van der Waals surface area contributed by atoms with Gasteiger partial charge in [-0.05, 0) is 36.2 Å². The van der Waals surface area contributed by atoms with Crippen molar-refractivity contribution in [1.82, 2.24) is 9.88 Å². The van der Waals surface area contributed by atoms with Crippen LogP contribution in [0.4, 0.5) is 5.69 Å². The van der Waals surface area contributed by atoms with E-state index in [1.807, 2.05) is 19.1 Å². The second kappa shape index (κ2) is 6.87. The molecule has 1 amide bonds. The Morgan fingerprint density at radius 1 is 1.35 bits per heavy atom. The van der Waals surface area contributed by atoms with Crippen LogP contribution in [0, 0.1) is 10.1 Å². The molecule has 7 nitrogen and oxygen atoms in total. The summed E-state index contributed by atoms with van der Waals surface area (Å²) < 4.78 is 0. The fraction of sp³-hybridized carbons (Fsp3) is 0.250. The third-order valence-corrected chi connectivity index (χ3v) is 3.68. The number of phenols is 1. The molecule has 0 aliphatic carbocycles. The second-order valence-corrected chi connectivity index (χ2v) is 5.08. The molecule has 0 saturated carbocycles. The van der Waals surface area contributed by atoms with Gasteiger partial charge in [0.25, 0.3) is 5.91 Å². The molecule has 1 aromatic carbocycles. The highest BCUT2D eigenvalue weighted by molar-refractivity contribution is 5.95. The molecule has 0 aliphatic rings. The topological polar surface area (TPSA) is 96.6 Å². The summed E-state index contributed by atoms with van der Waals surface area (Å²) in [5.41, 5.74) is 0.720. The van der Waals surface area contributed by atoms with Gasteiger partial charge in [-0.2, -0.15) is 0 Å². The van der Waals surface area contributed by atoms with Gasteiger partial charge in [-0.15, -0.1) is 0 Å². The number of hydrogen-bond donors (Lipinski definition) is 1. The first kappa shape index (κ1) is 16.4. The van der Waals surface area contributed by atoms with Gasteiger partial charge in [0.2, 0.25) is 0 Å². The van der Waals surface area contributed by atoms with Gasteiger partial charge in [-0.25, -0.2) is 0 Å². The zero-order valence-electron chi connectivity index (χ0n) is 12.8. The van der Waals surface area contributed by atoms with Crippen molar-refractivity contribution in [3.05, 3.63) is 64.0 Å². The number of amides is 1. The van der Waals surface area contributed by atoms with E-state index in [-0.39, 0.29) is 17.5 Å². The number of nitro benzene ring substituents is 1. The summed E-state index contributed by atoms with van der Waals surface area (Å²) in [6, 6.07) is 7.12. The number of phenolic OH excluding ortho intramolecular Hbond substituents is 1. The maximum atomic E-state index is 12.6. The lowest BCUT2D eigenvalue weighted by Gasteiger charge is -2.27. The van der Waals surface area contributed by atoms with Crippen LogP contribution in [0.2, 0.25) is 0 Å². The van der Waals surface area contributed by atoms with Crippen LogP contribution < -0.4 is 0 Å². The minimum atomic E-state index is -0.695. The van der Waals surface area contributed by atoms with Crippen molar-refractivity contribution < 1.29 is 14.8 Å². The van der Waals surface area contributed by atoms with Crippen molar-refractivity contribution in [2.45, 2.75) is 19.4 Å². The van der Waals surface area contributed by atoms with E-state index in [1.165, 1.54) is 6.07 Å². The SMILES string of the molecule is CC[C@@H](c1ccncc1)N(C)C(=O)c1ccc([N+](=O)[O-])c(O)c1. The average Bonchev–Trinajstić information content (AvgIpc) is 2.55. The smallest absolute Gasteiger partial charge is 0.310 e. The predicted octanol–water partition coefficient (Wildman–Crippen LogP) is 2.92. The maximum absolute atomic E-state index is 12.6. The van der Waals surface area contributed by atoms with Crippen molar-refractivity contribution >= 4 is 11.6 Å². The molecule has 1 heterocycles. The zero-order valence-corrected chi connectivity index (χ0v) is 12.8. The Bertz CT molecular complexity index is 719. The molecule has 1 atom stereocenters. The van der Waals surface area contributed by atoms with E-state index in [9.17, 15) is 20.0 Å². The largest absolute Gasteiger partial charge is 0.502 e. The van der Waals surface area contributed by atoms with Gasteiger partial charge in [0, 0.05) is 31.1 Å². The van der Waals surface area contributed by atoms with Crippen molar-refractivity contribution in [3.8, 4) is 5.75 Å². The number of benzene rings is 1. The molecule has 0 unspecified atom stereocenters. The molecule has 0 aliphatic heterocycles. The second-order valence-electron chi connectivity index (χ2n) is 5.08. The lowest BCUT2D eigenvalue weighted by molar-refractivity contribution is -0.385. The minimum Gasteiger partial charge on any atom is -0.502 e. The van der Waals surface area contributed by atoms with Crippen LogP contribution in [0.25, 0.3) is 0 Å². The van der Waals surface area contributed by atoms with Crippen LogP contribution in [0.15, 0.2) is 42.7 Å². The Morgan fingerprint density at radius 3 is 2.52 bits per heavy atom. The van der Waals surface area contributed by atoms with E-state index < -0.39 is 16.4 Å². The quantitative estimate of drug-likeness (QED) is 0.676. The predicted molar refractivity (Wildman–Crippen MR) is 84.1 cm³/mol. The van der Waals surface area contributed by atoms with E-state index in [0.717, 1.165) is 17.7 Å². The summed E-state index contributed by atoms with van der Waals surface area (Å²) >= 11 is 0. The van der Waals surface area contributed by atoms with Gasteiger partial charge in [0.1, 0.15) is 0 Å². The first-order chi connectivity index (χ1) is 11.0. The van der Waals surface area contributed by atoms with Gasteiger partial charge in [0.05, 0.1) is 11.0 Å². The molecule has 0 spiro atoms. The number of carbonyl (C=O) groups excluding carboxylic acids is 1. The van der Waals surface area contributed by atoms with Crippen LogP contribution in [0.1, 0.15) is 35.3 Å². The monoisotopic (exact) mass is 315 g/mol. The zero-order chi connectivity index (χ0) is 17.0.